The first-order chi connectivity index (χ1) is 14.0. The summed E-state index contributed by atoms with van der Waals surface area (Å²) in [6.45, 7) is 2.28. The zero-order chi connectivity index (χ0) is 21.2. The van der Waals surface area contributed by atoms with Crippen LogP contribution in [0.3, 0.4) is 0 Å². The third-order valence-electron chi connectivity index (χ3n) is 3.71. The number of carbonyl (C=O) groups is 1. The van der Waals surface area contributed by atoms with Crippen LogP contribution in [0.5, 0.6) is 23.0 Å². The number of nitrogens with one attached hydrogen (secondary N) is 1. The van der Waals surface area contributed by atoms with Crippen molar-refractivity contribution < 1.29 is 28.8 Å². The second-order valence-corrected chi connectivity index (χ2v) is 6.58. The minimum atomic E-state index is -1.07. The van der Waals surface area contributed by atoms with Crippen molar-refractivity contribution in [1.82, 2.24) is 5.43 Å². The Morgan fingerprint density at radius 3 is 2.55 bits per heavy atom. The van der Waals surface area contributed by atoms with Crippen molar-refractivity contribution in [2.45, 2.75) is 13.5 Å². The highest BCUT2D eigenvalue weighted by atomic mass is 79.9. The summed E-state index contributed by atoms with van der Waals surface area (Å²) in [4.78, 5) is 10.8. The summed E-state index contributed by atoms with van der Waals surface area (Å²) < 4.78 is 22.0. The van der Waals surface area contributed by atoms with E-state index in [-0.39, 0.29) is 0 Å². The van der Waals surface area contributed by atoms with Crippen LogP contribution < -0.4 is 24.4 Å². The Labute approximate surface area is 177 Å². The molecule has 0 radical (unpaired) electrons. The highest BCUT2D eigenvalue weighted by molar-refractivity contribution is 9.10. The van der Waals surface area contributed by atoms with Gasteiger partial charge in [-0.05, 0) is 58.2 Å². The van der Waals surface area contributed by atoms with Crippen LogP contribution in [-0.2, 0) is 11.3 Å². The Balaban J connectivity index is 2.07. The molecule has 0 unspecified atom stereocenters. The van der Waals surface area contributed by atoms with E-state index in [0.29, 0.717) is 40.6 Å². The molecule has 0 saturated carbocycles. The average Bonchev–Trinajstić information content (AvgIpc) is 2.70. The summed E-state index contributed by atoms with van der Waals surface area (Å²) in [6.07, 6.45) is 1.63. The smallest absolute Gasteiger partial charge is 0.341 e. The molecule has 0 bridgehead atoms. The molecule has 2 N–H and O–H groups in total. The van der Waals surface area contributed by atoms with Crippen LogP contribution in [0.2, 0.25) is 0 Å². The van der Waals surface area contributed by atoms with E-state index in [1.807, 2.05) is 25.1 Å². The number of aliphatic carboxylic acids is 1. The fraction of sp³-hybridized carbons (Fsp3) is 0.300. The van der Waals surface area contributed by atoms with E-state index in [1.54, 1.807) is 32.6 Å². The first-order valence-corrected chi connectivity index (χ1v) is 9.55. The van der Waals surface area contributed by atoms with Crippen molar-refractivity contribution in [3.8, 4) is 23.0 Å². The molecular formula is C20H23BrN2O6. The molecule has 0 amide bonds. The Kier molecular flexibility index (Phi) is 8.60. The lowest BCUT2D eigenvalue weighted by Gasteiger charge is -2.13. The molecule has 0 aliphatic carbocycles. The molecule has 0 saturated heterocycles. The van der Waals surface area contributed by atoms with Crippen molar-refractivity contribution in [1.29, 1.82) is 0 Å². The molecule has 0 fully saturated rings. The fourth-order valence-corrected chi connectivity index (χ4v) is 3.02. The van der Waals surface area contributed by atoms with Crippen molar-refractivity contribution >= 4 is 28.1 Å². The molecule has 0 aliphatic rings. The summed E-state index contributed by atoms with van der Waals surface area (Å²) in [5.74, 6) is 1.02. The molecule has 0 aromatic heterocycles. The number of hydrogen-bond donors (Lipinski definition) is 2. The Morgan fingerprint density at radius 2 is 1.90 bits per heavy atom. The monoisotopic (exact) mass is 466 g/mol. The Bertz CT molecular complexity index is 872. The second-order valence-electron chi connectivity index (χ2n) is 5.73. The van der Waals surface area contributed by atoms with E-state index in [0.717, 1.165) is 11.1 Å². The maximum absolute atomic E-state index is 10.8. The van der Waals surface area contributed by atoms with Gasteiger partial charge in [0, 0.05) is 0 Å². The van der Waals surface area contributed by atoms with Gasteiger partial charge in [-0.15, -0.1) is 0 Å². The van der Waals surface area contributed by atoms with E-state index in [2.05, 4.69) is 26.5 Å². The minimum absolute atomic E-state index is 0.338. The van der Waals surface area contributed by atoms with Crippen LogP contribution in [0, 0.1) is 0 Å². The second kappa shape index (κ2) is 11.2. The van der Waals surface area contributed by atoms with Crippen LogP contribution in [0.4, 0.5) is 0 Å². The normalized spacial score (nSPS) is 10.6. The highest BCUT2D eigenvalue weighted by Crippen LogP contribution is 2.36. The summed E-state index contributed by atoms with van der Waals surface area (Å²) in [5.41, 5.74) is 4.71. The number of methoxy groups -OCH3 is 2. The minimum Gasteiger partial charge on any atom is -0.493 e. The molecule has 2 aromatic rings. The molecule has 0 aliphatic heterocycles. The highest BCUT2D eigenvalue weighted by Gasteiger charge is 2.13. The van der Waals surface area contributed by atoms with Crippen LogP contribution in [0.25, 0.3) is 0 Å². The van der Waals surface area contributed by atoms with Gasteiger partial charge in [0.15, 0.2) is 29.6 Å². The van der Waals surface area contributed by atoms with Gasteiger partial charge in [-0.1, -0.05) is 6.07 Å². The lowest BCUT2D eigenvalue weighted by atomic mass is 10.2. The zero-order valence-electron chi connectivity index (χ0n) is 16.4. The third-order valence-corrected chi connectivity index (χ3v) is 4.30. The molecule has 2 rings (SSSR count). The summed E-state index contributed by atoms with van der Waals surface area (Å²) in [7, 11) is 3.18. The number of hydrazone groups is 1. The van der Waals surface area contributed by atoms with E-state index in [1.165, 1.54) is 0 Å². The molecule has 9 heteroatoms. The SMILES string of the molecule is CCOc1cc(/C=N\NCc2ccc(OC)c(OC)c2)cc(Br)c1OCC(=O)O. The maximum atomic E-state index is 10.8. The first-order valence-electron chi connectivity index (χ1n) is 8.76. The van der Waals surface area contributed by atoms with Gasteiger partial charge in [-0.25, -0.2) is 4.79 Å². The van der Waals surface area contributed by atoms with E-state index < -0.39 is 12.6 Å². The fourth-order valence-electron chi connectivity index (χ4n) is 2.45. The standard InChI is InChI=1S/C20H23BrN2O6/c1-4-28-18-9-14(7-15(21)20(18)29-12-19(24)25)11-23-22-10-13-5-6-16(26-2)17(8-13)27-3/h5-9,11,22H,4,10,12H2,1-3H3,(H,24,25)/b23-11-. The lowest BCUT2D eigenvalue weighted by molar-refractivity contribution is -0.139. The quantitative estimate of drug-likeness (QED) is 0.386. The molecule has 8 nitrogen and oxygen atoms in total. The number of carboxylic acid groups (broad SMARTS) is 1. The van der Waals surface area contributed by atoms with Crippen molar-refractivity contribution in [2.24, 2.45) is 5.10 Å². The topological polar surface area (TPSA) is 98.6 Å². The van der Waals surface area contributed by atoms with Gasteiger partial charge < -0.3 is 29.5 Å². The molecule has 0 atom stereocenters. The summed E-state index contributed by atoms with van der Waals surface area (Å²) in [6, 6.07) is 9.12. The molecule has 29 heavy (non-hydrogen) atoms. The molecule has 0 heterocycles. The lowest BCUT2D eigenvalue weighted by Crippen LogP contribution is -2.11. The summed E-state index contributed by atoms with van der Waals surface area (Å²) in [5, 5.41) is 13.0. The van der Waals surface area contributed by atoms with Gasteiger partial charge in [0.2, 0.25) is 0 Å². The number of halogens is 1. The van der Waals surface area contributed by atoms with Gasteiger partial charge in [0.1, 0.15) is 0 Å². The summed E-state index contributed by atoms with van der Waals surface area (Å²) >= 11 is 3.39. The number of ether oxygens (including phenoxy) is 4. The Morgan fingerprint density at radius 1 is 1.14 bits per heavy atom. The van der Waals surface area contributed by atoms with Crippen molar-refractivity contribution in [3.63, 3.8) is 0 Å². The predicted molar refractivity (Wildman–Crippen MR) is 112 cm³/mol. The molecule has 156 valence electrons. The number of hydrogen-bond acceptors (Lipinski definition) is 7. The van der Waals surface area contributed by atoms with Gasteiger partial charge in [0.05, 0.1) is 38.1 Å². The van der Waals surface area contributed by atoms with Crippen LogP contribution >= 0.6 is 15.9 Å². The molecular weight excluding hydrogens is 444 g/mol. The van der Waals surface area contributed by atoms with E-state index >= 15 is 0 Å². The Hall–Kier alpha value is -2.94. The van der Waals surface area contributed by atoms with Gasteiger partial charge in [0.25, 0.3) is 0 Å². The number of nitrogens with zero attached hydrogens (tertiary/aromatic N) is 1. The van der Waals surface area contributed by atoms with Crippen LogP contribution in [-0.4, -0.2) is 44.7 Å². The first kappa shape index (κ1) is 22.4. The van der Waals surface area contributed by atoms with E-state index in [4.69, 9.17) is 24.1 Å². The number of benzene rings is 2. The molecule has 0 spiro atoms. The van der Waals surface area contributed by atoms with Crippen molar-refractivity contribution in [2.75, 3.05) is 27.4 Å². The molecule has 2 aromatic carbocycles. The van der Waals surface area contributed by atoms with Gasteiger partial charge in [-0.3, -0.25) is 0 Å². The largest absolute Gasteiger partial charge is 0.493 e. The van der Waals surface area contributed by atoms with E-state index in [9.17, 15) is 4.79 Å². The number of carboxylic acids is 1. The zero-order valence-corrected chi connectivity index (χ0v) is 18.0. The van der Waals surface area contributed by atoms with Crippen LogP contribution in [0.15, 0.2) is 39.9 Å². The van der Waals surface area contributed by atoms with Gasteiger partial charge >= 0.3 is 5.97 Å². The van der Waals surface area contributed by atoms with Gasteiger partial charge in [-0.2, -0.15) is 5.10 Å². The maximum Gasteiger partial charge on any atom is 0.341 e. The van der Waals surface area contributed by atoms with Crippen LogP contribution in [0.1, 0.15) is 18.1 Å². The van der Waals surface area contributed by atoms with Crippen molar-refractivity contribution in [3.05, 3.63) is 45.9 Å². The number of rotatable bonds is 11. The third kappa shape index (κ3) is 6.56. The average molecular weight is 467 g/mol. The predicted octanol–water partition coefficient (Wildman–Crippen LogP) is 3.45.